The van der Waals surface area contributed by atoms with Crippen molar-refractivity contribution in [1.29, 1.82) is 0 Å². The molecule has 0 radical (unpaired) electrons. The van der Waals surface area contributed by atoms with Gasteiger partial charge in [0.25, 0.3) is 0 Å². The maximum Gasteiger partial charge on any atom is 0.160 e. The zero-order chi connectivity index (χ0) is 42.7. The van der Waals surface area contributed by atoms with E-state index in [0.29, 0.717) is 11.5 Å². The number of aromatic nitrogens is 3. The average molecular weight is 824 g/mol. The van der Waals surface area contributed by atoms with Crippen molar-refractivity contribution in [3.05, 3.63) is 223 Å². The van der Waals surface area contributed by atoms with Crippen molar-refractivity contribution >= 4 is 78.0 Å². The number of benzene rings is 8. The molecule has 0 unspecified atom stereocenters. The molecule has 12 rings (SSSR count). The molecule has 0 aliphatic heterocycles. The highest BCUT2D eigenvalue weighted by molar-refractivity contribution is 6.16. The number of fused-ring (bicyclic) bond motifs is 9. The minimum absolute atomic E-state index is 0.601. The molecule has 0 N–H and O–H groups in total. The molecule has 0 atom stereocenters. The third-order valence-corrected chi connectivity index (χ3v) is 12.5. The maximum atomic E-state index is 6.56. The predicted octanol–water partition coefficient (Wildman–Crippen LogP) is 14.6. The lowest BCUT2D eigenvalue weighted by Crippen LogP contribution is -2.04. The Labute approximate surface area is 370 Å². The van der Waals surface area contributed by atoms with Crippen molar-refractivity contribution in [1.82, 2.24) is 14.1 Å². The number of para-hydroxylation sites is 1. The number of furan rings is 1. The van der Waals surface area contributed by atoms with E-state index in [0.717, 1.165) is 107 Å². The molecule has 6 nitrogen and oxygen atoms in total. The second-order valence-electron chi connectivity index (χ2n) is 16.4. The number of nitrogens with zero attached hydrogens (tertiary/aromatic N) is 5. The Balaban J connectivity index is 1.03. The molecule has 304 valence electrons. The monoisotopic (exact) mass is 823 g/mol. The van der Waals surface area contributed by atoms with Crippen molar-refractivity contribution in [2.75, 3.05) is 0 Å². The molecule has 0 amide bonds. The summed E-state index contributed by atoms with van der Waals surface area (Å²) < 4.78 is 11.3. The van der Waals surface area contributed by atoms with Crippen LogP contribution in [0.15, 0.2) is 209 Å². The molecule has 3 heterocycles. The molecule has 6 heteroatoms. The minimum Gasteiger partial charge on any atom is -0.456 e. The fourth-order valence-electron chi connectivity index (χ4n) is 9.52. The van der Waals surface area contributed by atoms with Crippen LogP contribution in [0.25, 0.3) is 89.2 Å². The second-order valence-corrected chi connectivity index (χ2v) is 16.4. The molecular weight excluding hydrogens is 783 g/mol. The Kier molecular flexibility index (Phi) is 8.90. The van der Waals surface area contributed by atoms with Gasteiger partial charge in [0.15, 0.2) is 5.84 Å². The van der Waals surface area contributed by atoms with E-state index in [1.165, 1.54) is 16.6 Å². The summed E-state index contributed by atoms with van der Waals surface area (Å²) in [7, 11) is 0. The Morgan fingerprint density at radius 1 is 0.609 bits per heavy atom. The first kappa shape index (κ1) is 37.4. The maximum absolute atomic E-state index is 6.56. The zero-order valence-corrected chi connectivity index (χ0v) is 35.2. The van der Waals surface area contributed by atoms with Gasteiger partial charge in [0.1, 0.15) is 17.0 Å². The first-order valence-corrected chi connectivity index (χ1v) is 21.8. The number of rotatable bonds is 7. The van der Waals surface area contributed by atoms with Gasteiger partial charge in [-0.2, -0.15) is 0 Å². The summed E-state index contributed by atoms with van der Waals surface area (Å²) in [5.41, 5.74) is 15.0. The standard InChI is InChI=1S/C58H41N5O/c1-37(39-18-7-3-8-19-39)59-57(40-20-9-4-10-21-40)60-38(2)45-27-17-29-54-55(45)49-35-44(31-33-53(49)64-54)62-50-28-16-15-26-46(50)48-36-47-42(34-52(48)62)30-32-51-56(47)61-58(41-22-11-5-12-23-41)63(51)43-24-13-6-14-25-43/h3-15,17-27,29-36H,2,16,28H2,1H3. The molecule has 64 heavy (non-hydrogen) atoms. The van der Waals surface area contributed by atoms with E-state index < -0.39 is 0 Å². The van der Waals surface area contributed by atoms with Gasteiger partial charge in [-0.15, -0.1) is 0 Å². The van der Waals surface area contributed by atoms with Crippen molar-refractivity contribution < 1.29 is 4.42 Å². The van der Waals surface area contributed by atoms with Crippen LogP contribution in [0.3, 0.4) is 0 Å². The number of imidazole rings is 1. The second kappa shape index (κ2) is 15.2. The lowest BCUT2D eigenvalue weighted by molar-refractivity contribution is 0.669. The van der Waals surface area contributed by atoms with E-state index in [-0.39, 0.29) is 0 Å². The molecule has 0 bridgehead atoms. The Morgan fingerprint density at radius 2 is 1.34 bits per heavy atom. The molecule has 3 aromatic heterocycles. The average Bonchev–Trinajstić information content (AvgIpc) is 4.04. The van der Waals surface area contributed by atoms with Gasteiger partial charge in [0.2, 0.25) is 0 Å². The number of hydrogen-bond donors (Lipinski definition) is 0. The summed E-state index contributed by atoms with van der Waals surface area (Å²) in [5, 5.41) is 5.47. The fourth-order valence-corrected chi connectivity index (χ4v) is 9.52. The van der Waals surface area contributed by atoms with Crippen molar-refractivity contribution in [2.45, 2.75) is 19.8 Å². The molecule has 11 aromatic rings. The van der Waals surface area contributed by atoms with Crippen LogP contribution in [0.4, 0.5) is 0 Å². The van der Waals surface area contributed by atoms with Gasteiger partial charge in [0, 0.05) is 66.6 Å². The summed E-state index contributed by atoms with van der Waals surface area (Å²) in [4.78, 5) is 15.6. The lowest BCUT2D eigenvalue weighted by atomic mass is 10.00. The van der Waals surface area contributed by atoms with Gasteiger partial charge < -0.3 is 8.98 Å². The molecule has 1 aliphatic carbocycles. The van der Waals surface area contributed by atoms with Crippen LogP contribution in [-0.2, 0) is 6.42 Å². The van der Waals surface area contributed by atoms with Crippen LogP contribution in [0, 0.1) is 0 Å². The SMILES string of the molecule is C=C(N=C(N=C(C)c1ccccc1)c1ccccc1)c1cccc2oc3ccc(-n4c5c(c6cc7c(ccc8c7nc(-c7ccccc7)n8-c7ccccc7)cc64)C=CCC5)cc3c12. The highest BCUT2D eigenvalue weighted by Gasteiger charge is 2.23. The normalized spacial score (nSPS) is 13.1. The van der Waals surface area contributed by atoms with Crippen molar-refractivity contribution in [2.24, 2.45) is 9.98 Å². The number of amidine groups is 1. The molecule has 8 aromatic carbocycles. The third kappa shape index (κ3) is 6.22. The summed E-state index contributed by atoms with van der Waals surface area (Å²) >= 11 is 0. The molecule has 0 fully saturated rings. The summed E-state index contributed by atoms with van der Waals surface area (Å²) in [6.45, 7) is 6.57. The molecular formula is C58H41N5O. The molecule has 1 aliphatic rings. The first-order chi connectivity index (χ1) is 31.6. The van der Waals surface area contributed by atoms with Gasteiger partial charge in [-0.1, -0.05) is 146 Å². The predicted molar refractivity (Wildman–Crippen MR) is 266 cm³/mol. The summed E-state index contributed by atoms with van der Waals surface area (Å²) in [6.07, 6.45) is 6.51. The van der Waals surface area contributed by atoms with E-state index in [4.69, 9.17) is 19.4 Å². The van der Waals surface area contributed by atoms with Crippen molar-refractivity contribution in [3.63, 3.8) is 0 Å². The van der Waals surface area contributed by atoms with Gasteiger partial charge >= 0.3 is 0 Å². The number of allylic oxidation sites excluding steroid dienone is 1. The largest absolute Gasteiger partial charge is 0.456 e. The van der Waals surface area contributed by atoms with Crippen molar-refractivity contribution in [3.8, 4) is 22.8 Å². The third-order valence-electron chi connectivity index (χ3n) is 12.5. The van der Waals surface area contributed by atoms with E-state index in [1.54, 1.807) is 0 Å². The highest BCUT2D eigenvalue weighted by atomic mass is 16.3. The van der Waals surface area contributed by atoms with Gasteiger partial charge in [-0.25, -0.2) is 15.0 Å². The van der Waals surface area contributed by atoms with E-state index in [1.807, 2.05) is 67.6 Å². The van der Waals surface area contributed by atoms with Crippen LogP contribution in [0.5, 0.6) is 0 Å². The van der Waals surface area contributed by atoms with Gasteiger partial charge in [-0.3, -0.25) is 4.57 Å². The lowest BCUT2D eigenvalue weighted by Gasteiger charge is -2.14. The number of hydrogen-bond acceptors (Lipinski definition) is 3. The topological polar surface area (TPSA) is 60.6 Å². The first-order valence-electron chi connectivity index (χ1n) is 21.8. The molecule has 0 saturated heterocycles. The smallest absolute Gasteiger partial charge is 0.160 e. The number of aliphatic imine (C=N–C) groups is 2. The van der Waals surface area contributed by atoms with Gasteiger partial charge in [-0.05, 0) is 85.3 Å². The van der Waals surface area contributed by atoms with Crippen LogP contribution in [0.2, 0.25) is 0 Å². The highest BCUT2D eigenvalue weighted by Crippen LogP contribution is 2.42. The fraction of sp³-hybridized carbons (Fsp3) is 0.0517. The van der Waals surface area contributed by atoms with E-state index in [9.17, 15) is 0 Å². The summed E-state index contributed by atoms with van der Waals surface area (Å²) in [6, 6.07) is 63.2. The van der Waals surface area contributed by atoms with Gasteiger partial charge in [0.05, 0.1) is 22.2 Å². The van der Waals surface area contributed by atoms with E-state index in [2.05, 4.69) is 149 Å². The van der Waals surface area contributed by atoms with E-state index >= 15 is 0 Å². The molecule has 0 saturated carbocycles. The summed E-state index contributed by atoms with van der Waals surface area (Å²) in [5.74, 6) is 1.53. The van der Waals surface area contributed by atoms with Crippen LogP contribution >= 0.6 is 0 Å². The van der Waals surface area contributed by atoms with Crippen LogP contribution < -0.4 is 0 Å². The zero-order valence-electron chi connectivity index (χ0n) is 35.2. The Hall–Kier alpha value is -8.35. The molecule has 0 spiro atoms. The Bertz CT molecular complexity index is 3720. The van der Waals surface area contributed by atoms with Crippen LogP contribution in [-0.4, -0.2) is 25.7 Å². The minimum atomic E-state index is 0.601. The van der Waals surface area contributed by atoms with Crippen LogP contribution in [0.1, 0.15) is 41.3 Å². The Morgan fingerprint density at radius 3 is 2.12 bits per heavy atom. The quantitative estimate of drug-likeness (QED) is 0.119.